The molecule has 0 radical (unpaired) electrons. The first-order chi connectivity index (χ1) is 10.7. The molecule has 0 aromatic heterocycles. The highest BCUT2D eigenvalue weighted by Gasteiger charge is 2.27. The number of rotatable bonds is 5. The van der Waals surface area contributed by atoms with Gasteiger partial charge < -0.3 is 20.3 Å². The van der Waals surface area contributed by atoms with Crippen LogP contribution in [0, 0.1) is 0 Å². The van der Waals surface area contributed by atoms with Gasteiger partial charge in [-0.2, -0.15) is 0 Å². The van der Waals surface area contributed by atoms with Gasteiger partial charge in [0.25, 0.3) is 0 Å². The molecule has 2 N–H and O–H groups in total. The summed E-state index contributed by atoms with van der Waals surface area (Å²) in [4.78, 5) is 28.1. The van der Waals surface area contributed by atoms with Crippen LogP contribution in [0.5, 0.6) is 0 Å². The Morgan fingerprint density at radius 3 is 2.59 bits per heavy atom. The van der Waals surface area contributed by atoms with Crippen molar-refractivity contribution in [3.05, 3.63) is 0 Å². The number of hydrogen-bond donors (Lipinski definition) is 2. The molecule has 7 heteroatoms. The van der Waals surface area contributed by atoms with Gasteiger partial charge in [-0.3, -0.25) is 14.5 Å². The molecule has 3 aliphatic rings. The van der Waals surface area contributed by atoms with E-state index in [2.05, 4.69) is 15.5 Å². The number of nitrogens with zero attached hydrogens (tertiary/aromatic N) is 2. The fraction of sp³-hybridized carbons (Fsp3) is 0.867. The molecule has 0 spiro atoms. The molecular formula is C15H26N4O3. The first kappa shape index (κ1) is 15.7. The zero-order valence-electron chi connectivity index (χ0n) is 13.1. The summed E-state index contributed by atoms with van der Waals surface area (Å²) in [6.07, 6.45) is 2.74. The average Bonchev–Trinajstić information content (AvgIpc) is 3.32. The molecule has 1 aliphatic carbocycles. The lowest BCUT2D eigenvalue weighted by atomic mass is 10.1. The standard InChI is InChI=1S/C15H26N4O3/c20-14(17-12-1-2-12)10-18-4-6-19(7-5-18)15(21)9-13-11-22-8-3-16-13/h12-13,16H,1-11H2,(H,17,20). The summed E-state index contributed by atoms with van der Waals surface area (Å²) in [5, 5.41) is 6.32. The summed E-state index contributed by atoms with van der Waals surface area (Å²) in [5.41, 5.74) is 0. The van der Waals surface area contributed by atoms with Gasteiger partial charge in [-0.25, -0.2) is 0 Å². The van der Waals surface area contributed by atoms with Gasteiger partial charge in [0, 0.05) is 51.2 Å². The summed E-state index contributed by atoms with van der Waals surface area (Å²) in [7, 11) is 0. The first-order valence-corrected chi connectivity index (χ1v) is 8.31. The van der Waals surface area contributed by atoms with E-state index in [1.165, 1.54) is 0 Å². The normalized spacial score (nSPS) is 26.7. The van der Waals surface area contributed by atoms with E-state index in [4.69, 9.17) is 4.74 Å². The Hall–Kier alpha value is -1.18. The number of carbonyl (C=O) groups is 2. The molecule has 2 aliphatic heterocycles. The second-order valence-corrected chi connectivity index (χ2v) is 6.43. The van der Waals surface area contributed by atoms with Crippen molar-refractivity contribution in [2.24, 2.45) is 0 Å². The van der Waals surface area contributed by atoms with Crippen LogP contribution >= 0.6 is 0 Å². The third-order valence-corrected chi connectivity index (χ3v) is 4.45. The van der Waals surface area contributed by atoms with Crippen LogP contribution in [-0.4, -0.2) is 86.2 Å². The van der Waals surface area contributed by atoms with Gasteiger partial charge in [0.05, 0.1) is 19.8 Å². The van der Waals surface area contributed by atoms with Gasteiger partial charge in [-0.05, 0) is 12.8 Å². The Kier molecular flexibility index (Phi) is 5.28. The predicted molar refractivity (Wildman–Crippen MR) is 81.4 cm³/mol. The lowest BCUT2D eigenvalue weighted by Crippen LogP contribution is -2.52. The third-order valence-electron chi connectivity index (χ3n) is 4.45. The van der Waals surface area contributed by atoms with Gasteiger partial charge >= 0.3 is 0 Å². The number of hydrogen-bond acceptors (Lipinski definition) is 5. The van der Waals surface area contributed by atoms with Crippen LogP contribution in [0.3, 0.4) is 0 Å². The summed E-state index contributed by atoms with van der Waals surface area (Å²) >= 11 is 0. The van der Waals surface area contributed by atoms with Crippen molar-refractivity contribution in [2.75, 3.05) is 52.5 Å². The summed E-state index contributed by atoms with van der Waals surface area (Å²) in [6.45, 7) is 5.60. The molecule has 22 heavy (non-hydrogen) atoms. The minimum atomic E-state index is 0.117. The summed E-state index contributed by atoms with van der Waals surface area (Å²) in [6, 6.07) is 0.559. The van der Waals surface area contributed by atoms with E-state index in [9.17, 15) is 9.59 Å². The molecule has 3 fully saturated rings. The second-order valence-electron chi connectivity index (χ2n) is 6.43. The van der Waals surface area contributed by atoms with E-state index in [1.54, 1.807) is 0 Å². The number of amides is 2. The van der Waals surface area contributed by atoms with Gasteiger partial charge in [0.2, 0.25) is 11.8 Å². The maximum atomic E-state index is 12.3. The highest BCUT2D eigenvalue weighted by atomic mass is 16.5. The van der Waals surface area contributed by atoms with Crippen molar-refractivity contribution in [1.82, 2.24) is 20.4 Å². The van der Waals surface area contributed by atoms with Crippen LogP contribution < -0.4 is 10.6 Å². The molecule has 0 aromatic rings. The van der Waals surface area contributed by atoms with Crippen LogP contribution in [0.25, 0.3) is 0 Å². The van der Waals surface area contributed by atoms with Crippen molar-refractivity contribution < 1.29 is 14.3 Å². The number of carbonyl (C=O) groups excluding carboxylic acids is 2. The molecule has 2 saturated heterocycles. The number of nitrogens with one attached hydrogen (secondary N) is 2. The van der Waals surface area contributed by atoms with Crippen molar-refractivity contribution in [1.29, 1.82) is 0 Å². The fourth-order valence-electron chi connectivity index (χ4n) is 2.95. The third kappa shape index (κ3) is 4.66. The van der Waals surface area contributed by atoms with Gasteiger partial charge in [0.15, 0.2) is 0 Å². The van der Waals surface area contributed by atoms with Gasteiger partial charge in [-0.1, -0.05) is 0 Å². The monoisotopic (exact) mass is 310 g/mol. The average molecular weight is 310 g/mol. The topological polar surface area (TPSA) is 73.9 Å². The van der Waals surface area contributed by atoms with Gasteiger partial charge in [-0.15, -0.1) is 0 Å². The number of morpholine rings is 1. The maximum absolute atomic E-state index is 12.3. The highest BCUT2D eigenvalue weighted by molar-refractivity contribution is 5.79. The van der Waals surface area contributed by atoms with E-state index in [0.717, 1.165) is 39.1 Å². The smallest absolute Gasteiger partial charge is 0.234 e. The predicted octanol–water partition coefficient (Wildman–Crippen LogP) is -1.21. The molecule has 124 valence electrons. The van der Waals surface area contributed by atoms with E-state index in [1.807, 2.05) is 4.90 Å². The first-order valence-electron chi connectivity index (χ1n) is 8.31. The zero-order valence-corrected chi connectivity index (χ0v) is 13.1. The Morgan fingerprint density at radius 1 is 1.18 bits per heavy atom. The highest BCUT2D eigenvalue weighted by Crippen LogP contribution is 2.18. The maximum Gasteiger partial charge on any atom is 0.234 e. The van der Waals surface area contributed by atoms with E-state index < -0.39 is 0 Å². The molecule has 1 saturated carbocycles. The van der Waals surface area contributed by atoms with E-state index >= 15 is 0 Å². The molecule has 2 amide bonds. The Balaban J connectivity index is 1.35. The minimum Gasteiger partial charge on any atom is -0.378 e. The Bertz CT molecular complexity index is 400. The fourth-order valence-corrected chi connectivity index (χ4v) is 2.95. The lowest BCUT2D eigenvalue weighted by Gasteiger charge is -2.35. The molecular weight excluding hydrogens is 284 g/mol. The van der Waals surface area contributed by atoms with Crippen LogP contribution in [0.4, 0.5) is 0 Å². The number of ether oxygens (including phenoxy) is 1. The lowest BCUT2D eigenvalue weighted by molar-refractivity contribution is -0.134. The molecule has 3 rings (SSSR count). The Morgan fingerprint density at radius 2 is 1.95 bits per heavy atom. The molecule has 1 atom stereocenters. The zero-order chi connectivity index (χ0) is 15.4. The van der Waals surface area contributed by atoms with Crippen LogP contribution in [-0.2, 0) is 14.3 Å². The summed E-state index contributed by atoms with van der Waals surface area (Å²) < 4.78 is 5.38. The second kappa shape index (κ2) is 7.39. The van der Waals surface area contributed by atoms with Crippen LogP contribution in [0.2, 0.25) is 0 Å². The summed E-state index contributed by atoms with van der Waals surface area (Å²) in [5.74, 6) is 0.302. The van der Waals surface area contributed by atoms with Crippen molar-refractivity contribution in [3.63, 3.8) is 0 Å². The van der Waals surface area contributed by atoms with E-state index in [0.29, 0.717) is 38.7 Å². The van der Waals surface area contributed by atoms with Crippen LogP contribution in [0.15, 0.2) is 0 Å². The molecule has 7 nitrogen and oxygen atoms in total. The van der Waals surface area contributed by atoms with Gasteiger partial charge in [0.1, 0.15) is 0 Å². The molecule has 0 aromatic carbocycles. The Labute approximate surface area is 131 Å². The quantitative estimate of drug-likeness (QED) is 0.666. The van der Waals surface area contributed by atoms with Crippen LogP contribution in [0.1, 0.15) is 19.3 Å². The van der Waals surface area contributed by atoms with E-state index in [-0.39, 0.29) is 17.9 Å². The SMILES string of the molecule is O=C(CN1CCN(C(=O)CC2COCCN2)CC1)NC1CC1. The van der Waals surface area contributed by atoms with Crippen molar-refractivity contribution >= 4 is 11.8 Å². The number of piperazine rings is 1. The molecule has 1 unspecified atom stereocenters. The van der Waals surface area contributed by atoms with Crippen molar-refractivity contribution in [2.45, 2.75) is 31.3 Å². The molecule has 2 heterocycles. The van der Waals surface area contributed by atoms with Crippen molar-refractivity contribution in [3.8, 4) is 0 Å². The minimum absolute atomic E-state index is 0.117. The largest absolute Gasteiger partial charge is 0.378 e. The molecule has 0 bridgehead atoms.